The molecule has 1 aliphatic heterocycles. The van der Waals surface area contributed by atoms with Crippen molar-refractivity contribution >= 4 is 40.0 Å². The van der Waals surface area contributed by atoms with Crippen molar-refractivity contribution < 1.29 is 8.42 Å². The van der Waals surface area contributed by atoms with Gasteiger partial charge in [0.15, 0.2) is 5.96 Å². The van der Waals surface area contributed by atoms with Crippen LogP contribution in [0.3, 0.4) is 0 Å². The van der Waals surface area contributed by atoms with Crippen LogP contribution in [0, 0.1) is 17.8 Å². The molecule has 2 aliphatic rings. The number of guanidine groups is 1. The fraction of sp³-hybridized carbons (Fsp3) is 0.944. The maximum atomic E-state index is 12.1. The summed E-state index contributed by atoms with van der Waals surface area (Å²) in [5.41, 5.74) is 0. The summed E-state index contributed by atoms with van der Waals surface area (Å²) in [5.74, 6) is 2.98. The standard InChI is InChI=1S/C18H36N4O2S.HI/c1-4-16(5-2)17-9-11-22(14-17)18(19-3)20-10-12-25(23,24)21-13-15-7-6-8-15;/h15-17,21H,4-14H2,1-3H3,(H,19,20);1H. The van der Waals surface area contributed by atoms with Gasteiger partial charge in [-0.05, 0) is 37.0 Å². The average Bonchev–Trinajstić information content (AvgIpc) is 3.00. The van der Waals surface area contributed by atoms with Gasteiger partial charge in [0.05, 0.1) is 5.75 Å². The minimum absolute atomic E-state index is 0. The fourth-order valence-corrected chi connectivity index (χ4v) is 4.97. The summed E-state index contributed by atoms with van der Waals surface area (Å²) >= 11 is 0. The van der Waals surface area contributed by atoms with Gasteiger partial charge in [0.25, 0.3) is 0 Å². The molecule has 1 saturated carbocycles. The first kappa shape index (κ1) is 23.9. The van der Waals surface area contributed by atoms with Gasteiger partial charge in [0.1, 0.15) is 0 Å². The SMILES string of the molecule is CCC(CC)C1CCN(C(=NC)NCCS(=O)(=O)NCC2CCC2)C1.I. The number of rotatable bonds is 9. The van der Waals surface area contributed by atoms with Crippen LogP contribution in [-0.2, 0) is 10.0 Å². The zero-order valence-electron chi connectivity index (χ0n) is 16.5. The van der Waals surface area contributed by atoms with Crippen LogP contribution in [0.2, 0.25) is 0 Å². The van der Waals surface area contributed by atoms with Crippen molar-refractivity contribution in [1.82, 2.24) is 14.9 Å². The Morgan fingerprint density at radius 2 is 1.92 bits per heavy atom. The molecule has 1 heterocycles. The predicted molar refractivity (Wildman–Crippen MR) is 120 cm³/mol. The Morgan fingerprint density at radius 1 is 1.23 bits per heavy atom. The van der Waals surface area contributed by atoms with E-state index in [-0.39, 0.29) is 29.7 Å². The number of hydrogen-bond donors (Lipinski definition) is 2. The molecule has 2 rings (SSSR count). The summed E-state index contributed by atoms with van der Waals surface area (Å²) in [5, 5.41) is 3.24. The van der Waals surface area contributed by atoms with Crippen LogP contribution in [-0.4, -0.2) is 58.3 Å². The Bertz CT molecular complexity index is 533. The van der Waals surface area contributed by atoms with Crippen LogP contribution < -0.4 is 10.0 Å². The van der Waals surface area contributed by atoms with Crippen molar-refractivity contribution in [1.29, 1.82) is 0 Å². The van der Waals surface area contributed by atoms with Crippen LogP contribution in [0.4, 0.5) is 0 Å². The molecule has 0 aromatic heterocycles. The molecule has 1 unspecified atom stereocenters. The Labute approximate surface area is 177 Å². The molecule has 2 N–H and O–H groups in total. The van der Waals surface area contributed by atoms with Gasteiger partial charge >= 0.3 is 0 Å². The van der Waals surface area contributed by atoms with Crippen LogP contribution in [0.5, 0.6) is 0 Å². The third-order valence-corrected chi connectivity index (χ3v) is 7.27. The van der Waals surface area contributed by atoms with E-state index in [9.17, 15) is 8.42 Å². The molecule has 0 bridgehead atoms. The topological polar surface area (TPSA) is 73.8 Å². The molecule has 6 nitrogen and oxygen atoms in total. The Hall–Kier alpha value is -0.0900. The lowest BCUT2D eigenvalue weighted by atomic mass is 9.86. The first-order valence-electron chi connectivity index (χ1n) is 9.92. The minimum Gasteiger partial charge on any atom is -0.355 e. The number of nitrogens with one attached hydrogen (secondary N) is 2. The lowest BCUT2D eigenvalue weighted by Crippen LogP contribution is -2.43. The monoisotopic (exact) mass is 500 g/mol. The molecule has 0 amide bonds. The number of sulfonamides is 1. The molecule has 154 valence electrons. The lowest BCUT2D eigenvalue weighted by Gasteiger charge is -2.25. The van der Waals surface area contributed by atoms with Gasteiger partial charge in [-0.3, -0.25) is 4.99 Å². The fourth-order valence-electron chi connectivity index (χ4n) is 3.96. The van der Waals surface area contributed by atoms with Crippen molar-refractivity contribution in [2.75, 3.05) is 39.0 Å². The van der Waals surface area contributed by atoms with E-state index >= 15 is 0 Å². The minimum atomic E-state index is -3.20. The molecule has 8 heteroatoms. The third-order valence-electron chi connectivity index (χ3n) is 5.92. The quantitative estimate of drug-likeness (QED) is 0.290. The summed E-state index contributed by atoms with van der Waals surface area (Å²) < 4.78 is 26.9. The Kier molecular flexibility index (Phi) is 10.8. The van der Waals surface area contributed by atoms with Crippen molar-refractivity contribution in [3.63, 3.8) is 0 Å². The molecule has 1 aliphatic carbocycles. The molecule has 0 aromatic rings. The first-order chi connectivity index (χ1) is 12.0. The van der Waals surface area contributed by atoms with Crippen molar-refractivity contribution in [2.24, 2.45) is 22.7 Å². The predicted octanol–water partition coefficient (Wildman–Crippen LogP) is 2.66. The lowest BCUT2D eigenvalue weighted by molar-refractivity contribution is 0.316. The second-order valence-corrected chi connectivity index (χ2v) is 9.44. The normalized spacial score (nSPS) is 21.6. The number of likely N-dealkylation sites (tertiary alicyclic amines) is 1. The van der Waals surface area contributed by atoms with Gasteiger partial charge in [-0.1, -0.05) is 33.1 Å². The average molecular weight is 500 g/mol. The van der Waals surface area contributed by atoms with Gasteiger partial charge in [-0.15, -0.1) is 24.0 Å². The van der Waals surface area contributed by atoms with E-state index in [2.05, 4.69) is 33.8 Å². The van der Waals surface area contributed by atoms with Crippen LogP contribution in [0.25, 0.3) is 0 Å². The zero-order chi connectivity index (χ0) is 18.3. The highest BCUT2D eigenvalue weighted by Gasteiger charge is 2.29. The van der Waals surface area contributed by atoms with E-state index in [1.807, 2.05) is 0 Å². The van der Waals surface area contributed by atoms with Crippen LogP contribution >= 0.6 is 24.0 Å². The molecule has 1 saturated heterocycles. The highest BCUT2D eigenvalue weighted by atomic mass is 127. The van der Waals surface area contributed by atoms with E-state index in [1.165, 1.54) is 25.7 Å². The summed E-state index contributed by atoms with van der Waals surface area (Å²) in [7, 11) is -1.42. The van der Waals surface area contributed by atoms with E-state index in [1.54, 1.807) is 7.05 Å². The maximum Gasteiger partial charge on any atom is 0.213 e. The highest BCUT2D eigenvalue weighted by molar-refractivity contribution is 14.0. The number of nitrogens with zero attached hydrogens (tertiary/aromatic N) is 2. The Morgan fingerprint density at radius 3 is 2.46 bits per heavy atom. The zero-order valence-corrected chi connectivity index (χ0v) is 19.7. The van der Waals surface area contributed by atoms with Crippen molar-refractivity contribution in [2.45, 2.75) is 52.4 Å². The van der Waals surface area contributed by atoms with Crippen LogP contribution in [0.15, 0.2) is 4.99 Å². The molecule has 2 fully saturated rings. The van der Waals surface area contributed by atoms with E-state index in [0.717, 1.165) is 43.7 Å². The van der Waals surface area contributed by atoms with E-state index in [0.29, 0.717) is 19.0 Å². The molecule has 26 heavy (non-hydrogen) atoms. The second-order valence-electron chi connectivity index (χ2n) is 7.51. The smallest absolute Gasteiger partial charge is 0.213 e. The highest BCUT2D eigenvalue weighted by Crippen LogP contribution is 2.28. The summed E-state index contributed by atoms with van der Waals surface area (Å²) in [6.07, 6.45) is 7.20. The van der Waals surface area contributed by atoms with Crippen LogP contribution in [0.1, 0.15) is 52.4 Å². The van der Waals surface area contributed by atoms with Gasteiger partial charge < -0.3 is 10.2 Å². The molecular weight excluding hydrogens is 463 g/mol. The Balaban J connectivity index is 0.00000338. The van der Waals surface area contributed by atoms with Gasteiger partial charge in [0.2, 0.25) is 10.0 Å². The van der Waals surface area contributed by atoms with Gasteiger partial charge in [0, 0.05) is 33.2 Å². The van der Waals surface area contributed by atoms with E-state index < -0.39 is 10.0 Å². The van der Waals surface area contributed by atoms with Gasteiger partial charge in [-0.2, -0.15) is 0 Å². The van der Waals surface area contributed by atoms with Crippen molar-refractivity contribution in [3.05, 3.63) is 0 Å². The molecule has 1 atom stereocenters. The molecule has 0 spiro atoms. The number of aliphatic imine (C=N–C) groups is 1. The third kappa shape index (κ3) is 7.14. The number of hydrogen-bond acceptors (Lipinski definition) is 3. The van der Waals surface area contributed by atoms with Crippen molar-refractivity contribution in [3.8, 4) is 0 Å². The molecule has 0 radical (unpaired) electrons. The molecule has 0 aromatic carbocycles. The van der Waals surface area contributed by atoms with E-state index in [4.69, 9.17) is 0 Å². The summed E-state index contributed by atoms with van der Waals surface area (Å²) in [4.78, 5) is 6.62. The molecular formula is C18H37IN4O2S. The largest absolute Gasteiger partial charge is 0.355 e. The first-order valence-corrected chi connectivity index (χ1v) is 11.6. The maximum absolute atomic E-state index is 12.1. The number of halogens is 1. The summed E-state index contributed by atoms with van der Waals surface area (Å²) in [6, 6.07) is 0. The summed E-state index contributed by atoms with van der Waals surface area (Å²) in [6.45, 7) is 7.57. The van der Waals surface area contributed by atoms with Gasteiger partial charge in [-0.25, -0.2) is 13.1 Å². The second kappa shape index (κ2) is 11.7.